The fraction of sp³-hybridized carbons (Fsp3) is 0.200. The molecule has 0 saturated heterocycles. The quantitative estimate of drug-likeness (QED) is 0.323. The number of hydrogen-bond donors (Lipinski definition) is 3. The van der Waals surface area contributed by atoms with E-state index in [0.29, 0.717) is 0 Å². The lowest BCUT2D eigenvalue weighted by Gasteiger charge is -1.99. The van der Waals surface area contributed by atoms with Crippen molar-refractivity contribution in [2.45, 2.75) is 0 Å². The van der Waals surface area contributed by atoms with Crippen LogP contribution in [-0.2, 0) is 9.59 Å². The summed E-state index contributed by atoms with van der Waals surface area (Å²) in [5.41, 5.74) is 9.19. The van der Waals surface area contributed by atoms with Crippen LogP contribution in [0.5, 0.6) is 0 Å². The van der Waals surface area contributed by atoms with Crippen molar-refractivity contribution in [3.8, 4) is 0 Å². The molecule has 0 rings (SSSR count). The van der Waals surface area contributed by atoms with Gasteiger partial charge in [-0.05, 0) is 6.08 Å². The van der Waals surface area contributed by atoms with Crippen molar-refractivity contribution in [2.24, 2.45) is 5.73 Å². The first kappa shape index (κ1) is 8.64. The highest BCUT2D eigenvalue weighted by Gasteiger charge is 1.93. The Bertz CT molecular complexity index is 155. The molecule has 0 aromatic rings. The zero-order chi connectivity index (χ0) is 7.98. The number of rotatable bonds is 4. The molecule has 0 atom stereocenters. The molecule has 5 nitrogen and oxygen atoms in total. The van der Waals surface area contributed by atoms with E-state index in [2.05, 4.69) is 17.4 Å². The molecule has 0 aliphatic carbocycles. The number of carbonyl (C=O) groups is 2. The monoisotopic (exact) mass is 143 g/mol. The van der Waals surface area contributed by atoms with Crippen LogP contribution in [0.1, 0.15) is 0 Å². The van der Waals surface area contributed by atoms with E-state index in [1.807, 2.05) is 0 Å². The van der Waals surface area contributed by atoms with Crippen LogP contribution in [0.3, 0.4) is 0 Å². The number of carbonyl (C=O) groups excluding carboxylic acids is 2. The average Bonchev–Trinajstić information content (AvgIpc) is 1.87. The van der Waals surface area contributed by atoms with Crippen molar-refractivity contribution in [2.75, 3.05) is 6.54 Å². The summed E-state index contributed by atoms with van der Waals surface area (Å²) in [7, 11) is 0. The summed E-state index contributed by atoms with van der Waals surface area (Å²) >= 11 is 0. The van der Waals surface area contributed by atoms with Gasteiger partial charge in [-0.2, -0.15) is 0 Å². The molecule has 2 amide bonds. The van der Waals surface area contributed by atoms with Crippen molar-refractivity contribution in [3.63, 3.8) is 0 Å². The minimum absolute atomic E-state index is 0.0838. The summed E-state index contributed by atoms with van der Waals surface area (Å²) in [5, 5.41) is 0. The molecule has 56 valence electrons. The van der Waals surface area contributed by atoms with Crippen LogP contribution in [0.25, 0.3) is 0 Å². The van der Waals surface area contributed by atoms with Crippen LogP contribution < -0.4 is 16.6 Å². The van der Waals surface area contributed by atoms with Crippen LogP contribution in [-0.4, -0.2) is 18.4 Å². The van der Waals surface area contributed by atoms with Gasteiger partial charge >= 0.3 is 0 Å². The number of primary amides is 1. The van der Waals surface area contributed by atoms with Crippen molar-refractivity contribution < 1.29 is 9.59 Å². The molecule has 0 bridgehead atoms. The summed E-state index contributed by atoms with van der Waals surface area (Å²) < 4.78 is 0. The molecular formula is C5H9N3O2. The van der Waals surface area contributed by atoms with E-state index in [1.54, 1.807) is 0 Å². The van der Waals surface area contributed by atoms with Crippen LogP contribution >= 0.6 is 0 Å². The van der Waals surface area contributed by atoms with E-state index >= 15 is 0 Å². The maximum Gasteiger partial charge on any atom is 0.257 e. The van der Waals surface area contributed by atoms with Crippen LogP contribution in [0, 0.1) is 0 Å². The second kappa shape index (κ2) is 4.51. The Morgan fingerprint density at radius 2 is 2.20 bits per heavy atom. The van der Waals surface area contributed by atoms with Gasteiger partial charge in [0.2, 0.25) is 5.91 Å². The van der Waals surface area contributed by atoms with E-state index in [4.69, 9.17) is 5.73 Å². The molecule has 0 fully saturated rings. The van der Waals surface area contributed by atoms with Crippen molar-refractivity contribution in [1.29, 1.82) is 0 Å². The molecule has 0 aliphatic rings. The molecule has 0 spiro atoms. The summed E-state index contributed by atoms with van der Waals surface area (Å²) in [6.45, 7) is 3.11. The first-order chi connectivity index (χ1) is 4.66. The Balaban J connectivity index is 3.28. The second-order valence-corrected chi connectivity index (χ2v) is 1.51. The largest absolute Gasteiger partial charge is 0.369 e. The third-order valence-electron chi connectivity index (χ3n) is 0.660. The van der Waals surface area contributed by atoms with E-state index in [-0.39, 0.29) is 6.54 Å². The van der Waals surface area contributed by atoms with Crippen LogP contribution in [0.4, 0.5) is 0 Å². The fourth-order valence-corrected chi connectivity index (χ4v) is 0.269. The summed E-state index contributed by atoms with van der Waals surface area (Å²) in [4.78, 5) is 20.4. The van der Waals surface area contributed by atoms with E-state index in [1.165, 1.54) is 0 Å². The molecule has 0 saturated carbocycles. The fourth-order valence-electron chi connectivity index (χ4n) is 0.269. The van der Waals surface area contributed by atoms with E-state index in [9.17, 15) is 9.59 Å². The van der Waals surface area contributed by atoms with Gasteiger partial charge in [-0.25, -0.2) is 5.43 Å². The average molecular weight is 143 g/mol. The highest BCUT2D eigenvalue weighted by Crippen LogP contribution is 1.60. The lowest BCUT2D eigenvalue weighted by Crippen LogP contribution is -2.41. The Morgan fingerprint density at radius 1 is 1.60 bits per heavy atom. The molecule has 5 heteroatoms. The SMILES string of the molecule is C=CC(=O)NNCC(N)=O. The topological polar surface area (TPSA) is 84.2 Å². The minimum atomic E-state index is -0.538. The number of nitrogens with two attached hydrogens (primary N) is 1. The number of hydrogen-bond acceptors (Lipinski definition) is 3. The Hall–Kier alpha value is -1.36. The summed E-state index contributed by atoms with van der Waals surface area (Å²) in [6.07, 6.45) is 1.08. The zero-order valence-corrected chi connectivity index (χ0v) is 5.39. The van der Waals surface area contributed by atoms with Gasteiger partial charge in [0.1, 0.15) is 0 Å². The predicted octanol–water partition coefficient (Wildman–Crippen LogP) is -1.72. The van der Waals surface area contributed by atoms with Crippen molar-refractivity contribution >= 4 is 11.8 Å². The predicted molar refractivity (Wildman–Crippen MR) is 35.5 cm³/mol. The first-order valence-corrected chi connectivity index (χ1v) is 2.60. The third-order valence-corrected chi connectivity index (χ3v) is 0.660. The number of hydrazine groups is 1. The first-order valence-electron chi connectivity index (χ1n) is 2.60. The van der Waals surface area contributed by atoms with Gasteiger partial charge in [0.15, 0.2) is 0 Å². The maximum absolute atomic E-state index is 10.3. The maximum atomic E-state index is 10.3. The smallest absolute Gasteiger partial charge is 0.257 e. The van der Waals surface area contributed by atoms with E-state index in [0.717, 1.165) is 6.08 Å². The Labute approximate surface area is 58.2 Å². The molecular weight excluding hydrogens is 134 g/mol. The molecule has 0 aromatic heterocycles. The lowest BCUT2D eigenvalue weighted by atomic mass is 10.6. The van der Waals surface area contributed by atoms with E-state index < -0.39 is 11.8 Å². The van der Waals surface area contributed by atoms with Gasteiger partial charge in [0.25, 0.3) is 5.91 Å². The minimum Gasteiger partial charge on any atom is -0.369 e. The molecule has 0 unspecified atom stereocenters. The van der Waals surface area contributed by atoms with Crippen molar-refractivity contribution in [1.82, 2.24) is 10.9 Å². The molecule has 0 aliphatic heterocycles. The molecule has 4 N–H and O–H groups in total. The Morgan fingerprint density at radius 3 is 2.60 bits per heavy atom. The second-order valence-electron chi connectivity index (χ2n) is 1.51. The van der Waals surface area contributed by atoms with Gasteiger partial charge in [-0.1, -0.05) is 6.58 Å². The summed E-state index contributed by atoms with van der Waals surface area (Å²) in [5.74, 6) is -0.939. The molecule has 0 radical (unpaired) electrons. The normalized spacial score (nSPS) is 8.40. The highest BCUT2D eigenvalue weighted by molar-refractivity contribution is 5.86. The van der Waals surface area contributed by atoms with Crippen LogP contribution in [0.15, 0.2) is 12.7 Å². The number of nitrogens with one attached hydrogen (secondary N) is 2. The Kier molecular flexibility index (Phi) is 3.90. The van der Waals surface area contributed by atoms with Gasteiger partial charge in [0.05, 0.1) is 6.54 Å². The van der Waals surface area contributed by atoms with Crippen molar-refractivity contribution in [3.05, 3.63) is 12.7 Å². The molecule has 0 aromatic carbocycles. The van der Waals surface area contributed by atoms with Gasteiger partial charge < -0.3 is 5.73 Å². The molecule has 0 heterocycles. The van der Waals surface area contributed by atoms with Gasteiger partial charge in [-0.3, -0.25) is 15.0 Å². The lowest BCUT2D eigenvalue weighted by molar-refractivity contribution is -0.119. The standard InChI is InChI=1S/C5H9N3O2/c1-2-5(10)8-7-3-4(6)9/h2,7H,1,3H2,(H2,6,9)(H,8,10). The highest BCUT2D eigenvalue weighted by atomic mass is 16.2. The van der Waals surface area contributed by atoms with Gasteiger partial charge in [0, 0.05) is 0 Å². The van der Waals surface area contributed by atoms with Crippen LogP contribution in [0.2, 0.25) is 0 Å². The number of amides is 2. The summed E-state index contributed by atoms with van der Waals surface area (Å²) in [6, 6.07) is 0. The van der Waals surface area contributed by atoms with Gasteiger partial charge in [-0.15, -0.1) is 0 Å². The molecule has 10 heavy (non-hydrogen) atoms. The zero-order valence-electron chi connectivity index (χ0n) is 5.39. The third kappa shape index (κ3) is 4.79.